The first-order chi connectivity index (χ1) is 16.6. The molecule has 9 heteroatoms. The Labute approximate surface area is 195 Å². The molecule has 2 aromatic carbocycles. The second kappa shape index (κ2) is 8.02. The van der Waals surface area contributed by atoms with Crippen LogP contribution >= 0.6 is 0 Å². The Balaban J connectivity index is 1.42. The Morgan fingerprint density at radius 3 is 2.79 bits per heavy atom. The summed E-state index contributed by atoms with van der Waals surface area (Å²) in [5.74, 6) is 1.40. The zero-order chi connectivity index (χ0) is 23.2. The maximum atomic E-state index is 9.56. The quantitative estimate of drug-likeness (QED) is 0.418. The summed E-state index contributed by atoms with van der Waals surface area (Å²) in [4.78, 5) is 10.5. The highest BCUT2D eigenvalue weighted by Crippen LogP contribution is 2.31. The van der Waals surface area contributed by atoms with Crippen molar-refractivity contribution < 1.29 is 9.84 Å². The number of fused-ring (bicyclic) bond motifs is 4. The number of aryl methyl sites for hydroxylation is 2. The number of aromatic hydroxyl groups is 1. The highest BCUT2D eigenvalue weighted by Gasteiger charge is 2.18. The number of benzene rings is 2. The van der Waals surface area contributed by atoms with Crippen molar-refractivity contribution in [1.29, 1.82) is 0 Å². The van der Waals surface area contributed by atoms with Crippen molar-refractivity contribution in [2.45, 2.75) is 26.7 Å². The Morgan fingerprint density at radius 1 is 1.15 bits per heavy atom. The monoisotopic (exact) mass is 455 g/mol. The van der Waals surface area contributed by atoms with Crippen molar-refractivity contribution >= 4 is 27.8 Å². The predicted molar refractivity (Wildman–Crippen MR) is 129 cm³/mol. The molecule has 0 saturated heterocycles. The fourth-order valence-electron chi connectivity index (χ4n) is 4.65. The molecule has 9 nitrogen and oxygen atoms in total. The van der Waals surface area contributed by atoms with Gasteiger partial charge in [-0.25, -0.2) is 0 Å². The molecule has 0 aliphatic carbocycles. The molecule has 0 unspecified atom stereocenters. The Kier molecular flexibility index (Phi) is 4.83. The number of phenols is 1. The summed E-state index contributed by atoms with van der Waals surface area (Å²) in [6.07, 6.45) is 5.26. The van der Waals surface area contributed by atoms with Crippen LogP contribution in [0.15, 0.2) is 42.8 Å². The Hall–Kier alpha value is -4.14. The van der Waals surface area contributed by atoms with Crippen LogP contribution in [0.25, 0.3) is 27.8 Å². The van der Waals surface area contributed by atoms with Gasteiger partial charge in [-0.05, 0) is 54.7 Å². The minimum Gasteiger partial charge on any atom is -0.508 e. The third-order valence-electron chi connectivity index (χ3n) is 6.53. The summed E-state index contributed by atoms with van der Waals surface area (Å²) in [5, 5.41) is 24.2. The van der Waals surface area contributed by atoms with Gasteiger partial charge in [0, 0.05) is 24.6 Å². The molecule has 0 radical (unpaired) electrons. The van der Waals surface area contributed by atoms with Gasteiger partial charge in [-0.3, -0.25) is 0 Å². The van der Waals surface area contributed by atoms with Crippen molar-refractivity contribution in [2.75, 3.05) is 19.7 Å². The van der Waals surface area contributed by atoms with Crippen LogP contribution in [0.4, 0.5) is 0 Å². The first kappa shape index (κ1) is 20.5. The van der Waals surface area contributed by atoms with E-state index in [1.54, 1.807) is 22.9 Å². The molecular formula is C25H25N7O2. The molecule has 0 saturated carbocycles. The summed E-state index contributed by atoms with van der Waals surface area (Å²) >= 11 is 0. The molecule has 172 valence electrons. The van der Waals surface area contributed by atoms with Crippen LogP contribution in [0.2, 0.25) is 0 Å². The number of phenolic OH excluding ortho intramolecular Hbond substituents is 1. The molecule has 4 heterocycles. The fraction of sp³-hybridized carbons (Fsp3) is 0.280. The second-order valence-electron chi connectivity index (χ2n) is 8.77. The predicted octanol–water partition coefficient (Wildman–Crippen LogP) is 3.41. The van der Waals surface area contributed by atoms with E-state index < -0.39 is 0 Å². The van der Waals surface area contributed by atoms with E-state index in [1.165, 1.54) is 16.7 Å². The number of hydrogen-bond donors (Lipinski definition) is 2. The van der Waals surface area contributed by atoms with Crippen molar-refractivity contribution in [3.8, 4) is 5.75 Å². The third-order valence-corrected chi connectivity index (χ3v) is 6.53. The van der Waals surface area contributed by atoms with Crippen molar-refractivity contribution in [2.24, 2.45) is 0 Å². The van der Waals surface area contributed by atoms with E-state index in [0.717, 1.165) is 48.1 Å². The number of rotatable bonds is 5. The standard InChI is InChI=1S/C25H25N7O2/c1-15-13-18(7-8-31-9-11-34-12-10-31)16(2)21-22(15)26-24-23(21)30-32-20(28-29-25(32)27-24)14-17-3-5-19(33)6-4-17/h3-6,9,11,13,33H,7-8,10,12,14H2,1-2H3,(H,26,27,29). The summed E-state index contributed by atoms with van der Waals surface area (Å²) in [6, 6.07) is 9.35. The lowest BCUT2D eigenvalue weighted by molar-refractivity contribution is 0.174. The van der Waals surface area contributed by atoms with Crippen molar-refractivity contribution in [3.05, 3.63) is 70.9 Å². The number of ether oxygens (including phenoxy) is 1. The van der Waals surface area contributed by atoms with Gasteiger partial charge in [-0.15, -0.1) is 10.2 Å². The van der Waals surface area contributed by atoms with E-state index in [2.05, 4.69) is 40.0 Å². The molecule has 34 heavy (non-hydrogen) atoms. The van der Waals surface area contributed by atoms with Crippen LogP contribution in [-0.4, -0.2) is 59.5 Å². The van der Waals surface area contributed by atoms with E-state index in [9.17, 15) is 5.11 Å². The first-order valence-corrected chi connectivity index (χ1v) is 11.4. The molecule has 3 aromatic heterocycles. The van der Waals surface area contributed by atoms with Gasteiger partial charge < -0.3 is 19.7 Å². The lowest BCUT2D eigenvalue weighted by Crippen LogP contribution is -2.27. The molecule has 1 aliphatic heterocycles. The largest absolute Gasteiger partial charge is 0.508 e. The molecule has 0 bridgehead atoms. The maximum absolute atomic E-state index is 9.56. The molecule has 0 fully saturated rings. The van der Waals surface area contributed by atoms with E-state index in [4.69, 9.17) is 14.8 Å². The van der Waals surface area contributed by atoms with Crippen LogP contribution in [0.5, 0.6) is 5.75 Å². The molecule has 0 spiro atoms. The van der Waals surface area contributed by atoms with Crippen LogP contribution in [-0.2, 0) is 17.6 Å². The highest BCUT2D eigenvalue weighted by atomic mass is 16.5. The molecule has 0 amide bonds. The van der Waals surface area contributed by atoms with Gasteiger partial charge >= 0.3 is 0 Å². The number of nitrogens with one attached hydrogen (secondary N) is 1. The average molecular weight is 456 g/mol. The maximum Gasteiger partial charge on any atom is 0.273 e. The summed E-state index contributed by atoms with van der Waals surface area (Å²) in [7, 11) is 0. The SMILES string of the molecule is Cc1cc(CCN2C=COCC2)c(C)c2c1[nH]c1nc3nnc(Cc4ccc(O)cc4)n3nc12. The average Bonchev–Trinajstić information content (AvgIpc) is 3.42. The van der Waals surface area contributed by atoms with Gasteiger partial charge in [0.15, 0.2) is 11.5 Å². The van der Waals surface area contributed by atoms with Gasteiger partial charge in [0.1, 0.15) is 17.9 Å². The van der Waals surface area contributed by atoms with Crippen molar-refractivity contribution in [3.63, 3.8) is 0 Å². The molecule has 0 atom stereocenters. The number of aromatic amines is 1. The van der Waals surface area contributed by atoms with Crippen LogP contribution < -0.4 is 0 Å². The van der Waals surface area contributed by atoms with Crippen LogP contribution in [0, 0.1) is 13.8 Å². The van der Waals surface area contributed by atoms with Crippen LogP contribution in [0.3, 0.4) is 0 Å². The number of aromatic nitrogens is 6. The van der Waals surface area contributed by atoms with Gasteiger partial charge in [0.2, 0.25) is 0 Å². The molecular weight excluding hydrogens is 430 g/mol. The number of hydrogen-bond acceptors (Lipinski definition) is 7. The third kappa shape index (κ3) is 3.49. The van der Waals surface area contributed by atoms with E-state index in [0.29, 0.717) is 23.7 Å². The smallest absolute Gasteiger partial charge is 0.273 e. The minimum absolute atomic E-state index is 0.237. The highest BCUT2D eigenvalue weighted by molar-refractivity contribution is 6.07. The Morgan fingerprint density at radius 2 is 2.00 bits per heavy atom. The summed E-state index contributed by atoms with van der Waals surface area (Å²) in [5.41, 5.74) is 7.30. The molecule has 5 aromatic rings. The van der Waals surface area contributed by atoms with Gasteiger partial charge in [-0.2, -0.15) is 14.6 Å². The van der Waals surface area contributed by atoms with E-state index in [-0.39, 0.29) is 5.75 Å². The lowest BCUT2D eigenvalue weighted by atomic mass is 9.98. The molecule has 1 aliphatic rings. The van der Waals surface area contributed by atoms with Crippen LogP contribution in [0.1, 0.15) is 28.1 Å². The second-order valence-corrected chi connectivity index (χ2v) is 8.77. The Bertz CT molecular complexity index is 1550. The summed E-state index contributed by atoms with van der Waals surface area (Å²) < 4.78 is 7.03. The normalized spacial score (nSPS) is 13.9. The van der Waals surface area contributed by atoms with Gasteiger partial charge in [-0.1, -0.05) is 18.2 Å². The molecule has 2 N–H and O–H groups in total. The van der Waals surface area contributed by atoms with Gasteiger partial charge in [0.25, 0.3) is 5.78 Å². The molecule has 6 rings (SSSR count). The fourth-order valence-corrected chi connectivity index (χ4v) is 4.65. The van der Waals surface area contributed by atoms with Gasteiger partial charge in [0.05, 0.1) is 18.3 Å². The summed E-state index contributed by atoms with van der Waals surface area (Å²) in [6.45, 7) is 6.86. The minimum atomic E-state index is 0.237. The zero-order valence-corrected chi connectivity index (χ0v) is 19.1. The van der Waals surface area contributed by atoms with E-state index >= 15 is 0 Å². The topological polar surface area (TPSA) is 104 Å². The lowest BCUT2D eigenvalue weighted by Gasteiger charge is -2.23. The van der Waals surface area contributed by atoms with Crippen molar-refractivity contribution in [1.82, 2.24) is 34.7 Å². The first-order valence-electron chi connectivity index (χ1n) is 11.4. The number of H-pyrrole nitrogens is 1. The zero-order valence-electron chi connectivity index (χ0n) is 19.1. The van der Waals surface area contributed by atoms with E-state index in [1.807, 2.05) is 18.3 Å². The number of nitrogens with zero attached hydrogens (tertiary/aromatic N) is 6.